The van der Waals surface area contributed by atoms with Gasteiger partial charge in [-0.1, -0.05) is 66.2 Å². The predicted octanol–water partition coefficient (Wildman–Crippen LogP) is 9.33. The van der Waals surface area contributed by atoms with Gasteiger partial charge >= 0.3 is 11.9 Å². The summed E-state index contributed by atoms with van der Waals surface area (Å²) in [6.45, 7) is 21.5. The molecule has 4 fully saturated rings. The maximum Gasteiger partial charge on any atom is 0.309 e. The van der Waals surface area contributed by atoms with E-state index >= 15 is 0 Å². The molecule has 1 amide bonds. The molecule has 1 aromatic rings. The monoisotopic (exact) mass is 687 g/mol. The smallest absolute Gasteiger partial charge is 0.309 e. The van der Waals surface area contributed by atoms with E-state index in [0.29, 0.717) is 18.3 Å². The Morgan fingerprint density at radius 2 is 1.56 bits per heavy atom. The van der Waals surface area contributed by atoms with Crippen molar-refractivity contribution < 1.29 is 29.0 Å². The van der Waals surface area contributed by atoms with Crippen molar-refractivity contribution in [2.45, 2.75) is 140 Å². The number of nitrogens with one attached hydrogen (secondary N) is 1. The van der Waals surface area contributed by atoms with Crippen LogP contribution < -0.4 is 5.32 Å². The van der Waals surface area contributed by atoms with Crippen LogP contribution in [0.2, 0.25) is 0 Å². The molecule has 50 heavy (non-hydrogen) atoms. The topological polar surface area (TPSA) is 110 Å². The Hall–Kier alpha value is -2.96. The number of esters is 1. The average molecular weight is 688 g/mol. The number of aliphatic carboxylic acids is 1. The number of carbonyl (C=O) groups is 4. The van der Waals surface area contributed by atoms with Crippen molar-refractivity contribution in [2.75, 3.05) is 5.32 Å². The molecule has 7 heteroatoms. The number of carboxylic acid groups (broad SMARTS) is 1. The fraction of sp³-hybridized carbons (Fsp3) is 0.721. The molecule has 0 aromatic heterocycles. The molecule has 4 saturated carbocycles. The second kappa shape index (κ2) is 12.0. The summed E-state index contributed by atoms with van der Waals surface area (Å²) < 4.78 is 6.15. The van der Waals surface area contributed by atoms with Crippen LogP contribution in [0.5, 0.6) is 0 Å². The maximum absolute atomic E-state index is 14.5. The number of amides is 1. The Balaban J connectivity index is 1.30. The fourth-order valence-electron chi connectivity index (χ4n) is 12.6. The highest BCUT2D eigenvalue weighted by Gasteiger charge is 2.71. The van der Waals surface area contributed by atoms with Crippen molar-refractivity contribution in [3.63, 3.8) is 0 Å². The van der Waals surface area contributed by atoms with Gasteiger partial charge in [-0.2, -0.15) is 0 Å². The second-order valence-corrected chi connectivity index (χ2v) is 19.3. The number of Topliss-reactive ketones (excluding diaryl/α,β-unsaturated/α-hetero) is 1. The molecule has 0 radical (unpaired) electrons. The van der Waals surface area contributed by atoms with Gasteiger partial charge in [0.1, 0.15) is 6.10 Å². The highest BCUT2D eigenvalue weighted by Crippen LogP contribution is 2.76. The van der Waals surface area contributed by atoms with Crippen LogP contribution in [0.3, 0.4) is 0 Å². The van der Waals surface area contributed by atoms with Crippen LogP contribution in [-0.2, 0) is 23.9 Å². The zero-order chi connectivity index (χ0) is 36.8. The summed E-state index contributed by atoms with van der Waals surface area (Å²) in [7, 11) is 0. The minimum Gasteiger partial charge on any atom is -0.481 e. The zero-order valence-corrected chi connectivity index (χ0v) is 32.3. The summed E-state index contributed by atoms with van der Waals surface area (Å²) in [6, 6.07) is 7.94. The quantitative estimate of drug-likeness (QED) is 0.277. The van der Waals surface area contributed by atoms with Gasteiger partial charge in [0.2, 0.25) is 5.91 Å². The van der Waals surface area contributed by atoms with Crippen molar-refractivity contribution in [3.8, 4) is 0 Å². The third-order valence-corrected chi connectivity index (χ3v) is 15.6. The van der Waals surface area contributed by atoms with Gasteiger partial charge in [0, 0.05) is 17.5 Å². The summed E-state index contributed by atoms with van der Waals surface area (Å²) in [4.78, 5) is 53.2. The van der Waals surface area contributed by atoms with Crippen LogP contribution >= 0.6 is 0 Å². The zero-order valence-electron chi connectivity index (χ0n) is 32.3. The molecule has 0 saturated heterocycles. The molecule has 5 aliphatic rings. The number of ether oxygens (including phenoxy) is 1. The molecule has 1 aromatic carbocycles. The average Bonchev–Trinajstić information content (AvgIpc) is 3.33. The molecule has 2 N–H and O–H groups in total. The number of ketones is 1. The molecular weight excluding hydrogens is 626 g/mol. The van der Waals surface area contributed by atoms with E-state index in [1.54, 1.807) is 13.8 Å². The number of fused-ring (bicyclic) bond motifs is 7. The van der Waals surface area contributed by atoms with E-state index in [4.69, 9.17) is 4.74 Å². The van der Waals surface area contributed by atoms with E-state index in [2.05, 4.69) is 53.8 Å². The molecule has 0 aliphatic heterocycles. The first-order chi connectivity index (χ1) is 23.1. The predicted molar refractivity (Wildman–Crippen MR) is 195 cm³/mol. The van der Waals surface area contributed by atoms with Crippen LogP contribution in [0, 0.1) is 63.1 Å². The second-order valence-electron chi connectivity index (χ2n) is 19.3. The molecule has 3 unspecified atom stereocenters. The molecule has 0 heterocycles. The van der Waals surface area contributed by atoms with Crippen LogP contribution in [-0.4, -0.2) is 34.8 Å². The highest BCUT2D eigenvalue weighted by molar-refractivity contribution is 6.10. The largest absolute Gasteiger partial charge is 0.481 e. The van der Waals surface area contributed by atoms with E-state index < -0.39 is 22.8 Å². The van der Waals surface area contributed by atoms with E-state index in [1.807, 2.05) is 31.2 Å². The normalized spacial score (nSPS) is 37.7. The molecule has 0 bridgehead atoms. The first-order valence-electron chi connectivity index (χ1n) is 19.2. The maximum atomic E-state index is 14.5. The first-order valence-corrected chi connectivity index (χ1v) is 19.2. The first kappa shape index (κ1) is 36.8. The van der Waals surface area contributed by atoms with Crippen LogP contribution in [0.15, 0.2) is 35.4 Å². The number of carbonyl (C=O) groups excluding carboxylic acids is 3. The number of allylic oxidation sites excluding steroid dienone is 1. The van der Waals surface area contributed by atoms with Crippen LogP contribution in [0.1, 0.15) is 132 Å². The lowest BCUT2D eigenvalue weighted by Gasteiger charge is -2.72. The Morgan fingerprint density at radius 1 is 0.900 bits per heavy atom. The summed E-state index contributed by atoms with van der Waals surface area (Å²) in [6.07, 6.45) is 7.33. The van der Waals surface area contributed by atoms with Crippen LogP contribution in [0.25, 0.3) is 0 Å². The van der Waals surface area contributed by atoms with Gasteiger partial charge in [-0.15, -0.1) is 0 Å². The summed E-state index contributed by atoms with van der Waals surface area (Å²) >= 11 is 0. The van der Waals surface area contributed by atoms with Crippen molar-refractivity contribution in [1.29, 1.82) is 0 Å². The van der Waals surface area contributed by atoms with Gasteiger partial charge in [-0.3, -0.25) is 19.2 Å². The SMILES string of the molecule is Cc1ccc(NC(=O)[C@@]23CC[C@]4(C)C(CCC5[C@@]6(C)CC[C@H](OC(=O)CC(C)(C)C(=O)O)C(C)(C)C6CC[C@]54C)C2=C(C(C)C)C(=O)C3)cc1. The van der Waals surface area contributed by atoms with Gasteiger partial charge in [0.05, 0.1) is 17.3 Å². The number of benzene rings is 1. The Bertz CT molecular complexity index is 1620. The molecule has 6 rings (SSSR count). The number of aryl methyl sites for hydroxylation is 1. The molecular formula is C43H61NO6. The lowest BCUT2D eigenvalue weighted by molar-refractivity contribution is -0.233. The lowest BCUT2D eigenvalue weighted by atomic mass is 9.33. The third kappa shape index (κ3) is 5.33. The number of hydrogen-bond acceptors (Lipinski definition) is 5. The van der Waals surface area contributed by atoms with E-state index in [9.17, 15) is 24.3 Å². The third-order valence-electron chi connectivity index (χ3n) is 15.6. The fourth-order valence-corrected chi connectivity index (χ4v) is 12.6. The Kier molecular flexibility index (Phi) is 8.87. The lowest BCUT2D eigenvalue weighted by Crippen LogP contribution is -2.66. The van der Waals surface area contributed by atoms with Crippen molar-refractivity contribution in [2.24, 2.45) is 56.2 Å². The highest BCUT2D eigenvalue weighted by atomic mass is 16.5. The minimum absolute atomic E-state index is 0.0204. The van der Waals surface area contributed by atoms with Gasteiger partial charge in [0.25, 0.3) is 0 Å². The summed E-state index contributed by atoms with van der Waals surface area (Å²) in [5, 5.41) is 12.8. The standard InChI is InChI=1S/C43H61NO6/c1-25(2)34-29(45)23-43(36(47)44-27-13-11-26(3)12-14-27)22-21-41(9)28(35(34)43)15-16-31-40(8)19-18-32(50-33(46)24-38(4,5)37(48)49)39(6,7)30(40)17-20-42(31,41)10/h11-14,25,28,30-32H,15-24H2,1-10H3,(H,44,47)(H,48,49)/t28?,30?,31?,32-,40-,41+,42+,43+/m0/s1. The summed E-state index contributed by atoms with van der Waals surface area (Å²) in [5.74, 6) is -0.231. The molecule has 5 aliphatic carbocycles. The minimum atomic E-state index is -1.17. The van der Waals surface area contributed by atoms with E-state index in [-0.39, 0.29) is 64.1 Å². The van der Waals surface area contributed by atoms with Crippen molar-refractivity contribution in [1.82, 2.24) is 0 Å². The van der Waals surface area contributed by atoms with Crippen molar-refractivity contribution >= 4 is 29.3 Å². The molecule has 0 spiro atoms. The number of hydrogen-bond donors (Lipinski definition) is 2. The van der Waals surface area contributed by atoms with Gasteiger partial charge in [-0.25, -0.2) is 0 Å². The number of carboxylic acids is 1. The Labute approximate surface area is 299 Å². The molecule has 274 valence electrons. The van der Waals surface area contributed by atoms with Gasteiger partial charge in [0.15, 0.2) is 5.78 Å². The Morgan fingerprint density at radius 3 is 2.18 bits per heavy atom. The number of anilines is 1. The van der Waals surface area contributed by atoms with E-state index in [1.165, 1.54) is 0 Å². The molecule has 7 nitrogen and oxygen atoms in total. The van der Waals surface area contributed by atoms with Gasteiger partial charge in [-0.05, 0) is 135 Å². The van der Waals surface area contributed by atoms with E-state index in [0.717, 1.165) is 67.3 Å². The van der Waals surface area contributed by atoms with Crippen LogP contribution in [0.4, 0.5) is 5.69 Å². The molecule has 8 atom stereocenters. The summed E-state index contributed by atoms with van der Waals surface area (Å²) in [5.41, 5.74) is 1.78. The number of rotatable bonds is 7. The van der Waals surface area contributed by atoms with Gasteiger partial charge < -0.3 is 15.2 Å². The van der Waals surface area contributed by atoms with Crippen molar-refractivity contribution in [3.05, 3.63) is 41.0 Å².